The van der Waals surface area contributed by atoms with Gasteiger partial charge in [0.1, 0.15) is 5.78 Å². The Kier molecular flexibility index (Phi) is 3.01. The quantitative estimate of drug-likeness (QED) is 0.525. The minimum Gasteiger partial charge on any atom is -0.373 e. The lowest BCUT2D eigenvalue weighted by molar-refractivity contribution is -0.122. The van der Waals surface area contributed by atoms with E-state index < -0.39 is 0 Å². The van der Waals surface area contributed by atoms with Crippen LogP contribution in [0.3, 0.4) is 0 Å². The molecule has 4 aliphatic carbocycles. The van der Waals surface area contributed by atoms with Crippen LogP contribution in [0.25, 0.3) is 0 Å². The number of epoxide rings is 1. The van der Waals surface area contributed by atoms with Gasteiger partial charge in [0.05, 0.1) is 12.7 Å². The molecule has 2 nitrogen and oxygen atoms in total. The molecule has 0 spiro atoms. The highest BCUT2D eigenvalue weighted by atomic mass is 16.6. The maximum Gasteiger partial charge on any atom is 0.136 e. The number of fused-ring (bicyclic) bond motifs is 5. The highest BCUT2D eigenvalue weighted by molar-refractivity contribution is 5.82. The third kappa shape index (κ3) is 1.94. The molecule has 0 amide bonds. The molecule has 23 heavy (non-hydrogen) atoms. The van der Waals surface area contributed by atoms with Gasteiger partial charge < -0.3 is 4.74 Å². The Bertz CT molecular complexity index is 574. The van der Waals surface area contributed by atoms with Crippen LogP contribution in [-0.4, -0.2) is 18.5 Å². The molecular formula is C21H30O2. The maximum atomic E-state index is 11.9. The number of hydrogen-bond donors (Lipinski definition) is 0. The third-order valence-corrected chi connectivity index (χ3v) is 8.82. The second kappa shape index (κ2) is 4.71. The monoisotopic (exact) mass is 314 g/mol. The summed E-state index contributed by atoms with van der Waals surface area (Å²) in [6.07, 6.45) is 12.6. The molecule has 5 rings (SSSR count). The smallest absolute Gasteiger partial charge is 0.136 e. The van der Waals surface area contributed by atoms with Crippen molar-refractivity contribution in [3.05, 3.63) is 11.6 Å². The minimum atomic E-state index is 0.326. The van der Waals surface area contributed by atoms with E-state index in [0.717, 1.165) is 49.5 Å². The van der Waals surface area contributed by atoms with E-state index in [2.05, 4.69) is 19.9 Å². The molecule has 126 valence electrons. The van der Waals surface area contributed by atoms with Crippen molar-refractivity contribution in [3.63, 3.8) is 0 Å². The van der Waals surface area contributed by atoms with E-state index >= 15 is 0 Å². The number of carbonyl (C=O) groups is 1. The van der Waals surface area contributed by atoms with E-state index in [-0.39, 0.29) is 0 Å². The van der Waals surface area contributed by atoms with Gasteiger partial charge in [-0.1, -0.05) is 25.5 Å². The van der Waals surface area contributed by atoms with Crippen molar-refractivity contribution < 1.29 is 9.53 Å². The van der Waals surface area contributed by atoms with Crippen LogP contribution in [0.1, 0.15) is 65.2 Å². The van der Waals surface area contributed by atoms with E-state index in [9.17, 15) is 4.79 Å². The van der Waals surface area contributed by atoms with Crippen molar-refractivity contribution in [3.8, 4) is 0 Å². The molecule has 0 N–H and O–H groups in total. The van der Waals surface area contributed by atoms with Gasteiger partial charge >= 0.3 is 0 Å². The van der Waals surface area contributed by atoms with Gasteiger partial charge in [-0.05, 0) is 73.0 Å². The number of ether oxygens (including phenoxy) is 1. The molecule has 1 aliphatic heterocycles. The molecule has 2 heteroatoms. The molecule has 0 aromatic rings. The van der Waals surface area contributed by atoms with Crippen LogP contribution in [0.2, 0.25) is 0 Å². The fourth-order valence-electron chi connectivity index (χ4n) is 7.42. The SMILES string of the molecule is C[C@]12CC[C@H]3[C@@H](CC=C4CC(=O)CC[C@@]43C)[C@@H]1CC[C@H]2C1CO1. The van der Waals surface area contributed by atoms with Crippen molar-refractivity contribution in [1.82, 2.24) is 0 Å². The summed E-state index contributed by atoms with van der Waals surface area (Å²) in [7, 11) is 0. The van der Waals surface area contributed by atoms with Gasteiger partial charge in [0.15, 0.2) is 0 Å². The topological polar surface area (TPSA) is 29.6 Å². The van der Waals surface area contributed by atoms with Gasteiger partial charge in [-0.2, -0.15) is 0 Å². The van der Waals surface area contributed by atoms with Gasteiger partial charge in [0.2, 0.25) is 0 Å². The van der Waals surface area contributed by atoms with Crippen molar-refractivity contribution in [2.45, 2.75) is 71.3 Å². The fourth-order valence-corrected chi connectivity index (χ4v) is 7.42. The maximum absolute atomic E-state index is 11.9. The summed E-state index contributed by atoms with van der Waals surface area (Å²) in [5.41, 5.74) is 2.35. The van der Waals surface area contributed by atoms with E-state index in [0.29, 0.717) is 22.7 Å². The predicted octanol–water partition coefficient (Wildman–Crippen LogP) is 4.53. The summed E-state index contributed by atoms with van der Waals surface area (Å²) in [4.78, 5) is 11.9. The van der Waals surface area contributed by atoms with Crippen LogP contribution < -0.4 is 0 Å². The van der Waals surface area contributed by atoms with Gasteiger partial charge in [-0.3, -0.25) is 4.79 Å². The second-order valence-electron chi connectivity index (χ2n) is 9.57. The van der Waals surface area contributed by atoms with E-state index in [1.165, 1.54) is 37.7 Å². The van der Waals surface area contributed by atoms with Gasteiger partial charge in [0.25, 0.3) is 0 Å². The number of Topliss-reactive ketones (excluding diaryl/α,β-unsaturated/α-hetero) is 1. The zero-order valence-corrected chi connectivity index (χ0v) is 14.6. The molecule has 1 saturated heterocycles. The lowest BCUT2D eigenvalue weighted by atomic mass is 9.47. The van der Waals surface area contributed by atoms with Crippen LogP contribution in [0, 0.1) is 34.5 Å². The summed E-state index contributed by atoms with van der Waals surface area (Å²) in [5, 5.41) is 0. The summed E-state index contributed by atoms with van der Waals surface area (Å²) < 4.78 is 5.71. The van der Waals surface area contributed by atoms with Gasteiger partial charge in [0, 0.05) is 12.8 Å². The van der Waals surface area contributed by atoms with Crippen LogP contribution in [-0.2, 0) is 9.53 Å². The van der Waals surface area contributed by atoms with Crippen LogP contribution in [0.15, 0.2) is 11.6 Å². The number of allylic oxidation sites excluding steroid dienone is 2. The Balaban J connectivity index is 1.48. The molecule has 0 aromatic carbocycles. The summed E-state index contributed by atoms with van der Waals surface area (Å²) in [6, 6.07) is 0. The Morgan fingerprint density at radius 1 is 1.09 bits per heavy atom. The lowest BCUT2D eigenvalue weighted by Gasteiger charge is -2.57. The number of carbonyl (C=O) groups excluding carboxylic acids is 1. The van der Waals surface area contributed by atoms with E-state index in [1.54, 1.807) is 0 Å². The van der Waals surface area contributed by atoms with Crippen molar-refractivity contribution >= 4 is 5.78 Å². The molecule has 0 radical (unpaired) electrons. The molecular weight excluding hydrogens is 284 g/mol. The van der Waals surface area contributed by atoms with Gasteiger partial charge in [-0.25, -0.2) is 0 Å². The fraction of sp³-hybridized carbons (Fsp3) is 0.857. The Hall–Kier alpha value is -0.630. The molecule has 4 fully saturated rings. The van der Waals surface area contributed by atoms with Crippen LogP contribution in [0.5, 0.6) is 0 Å². The molecule has 0 aromatic heterocycles. The first-order valence-corrected chi connectivity index (χ1v) is 9.85. The van der Waals surface area contributed by atoms with Gasteiger partial charge in [-0.15, -0.1) is 0 Å². The highest BCUT2D eigenvalue weighted by Gasteiger charge is 2.61. The first kappa shape index (κ1) is 14.7. The van der Waals surface area contributed by atoms with Crippen LogP contribution in [0.4, 0.5) is 0 Å². The Morgan fingerprint density at radius 3 is 2.65 bits per heavy atom. The van der Waals surface area contributed by atoms with Crippen molar-refractivity contribution in [2.24, 2.45) is 34.5 Å². The summed E-state index contributed by atoms with van der Waals surface area (Å²) in [5.74, 6) is 3.87. The highest BCUT2D eigenvalue weighted by Crippen LogP contribution is 2.67. The molecule has 1 unspecified atom stereocenters. The summed E-state index contributed by atoms with van der Waals surface area (Å²) >= 11 is 0. The number of hydrogen-bond acceptors (Lipinski definition) is 2. The van der Waals surface area contributed by atoms with E-state index in [1.807, 2.05) is 0 Å². The number of ketones is 1. The first-order chi connectivity index (χ1) is 11.0. The average molecular weight is 314 g/mol. The van der Waals surface area contributed by atoms with E-state index in [4.69, 9.17) is 4.74 Å². The van der Waals surface area contributed by atoms with Crippen molar-refractivity contribution in [2.75, 3.05) is 6.61 Å². The molecule has 1 heterocycles. The predicted molar refractivity (Wildman–Crippen MR) is 89.9 cm³/mol. The zero-order valence-electron chi connectivity index (χ0n) is 14.6. The molecule has 7 atom stereocenters. The average Bonchev–Trinajstić information content (AvgIpc) is 3.29. The van der Waals surface area contributed by atoms with Crippen molar-refractivity contribution in [1.29, 1.82) is 0 Å². The Morgan fingerprint density at radius 2 is 1.87 bits per heavy atom. The largest absolute Gasteiger partial charge is 0.373 e. The Labute approximate surface area is 140 Å². The lowest BCUT2D eigenvalue weighted by Crippen LogP contribution is -2.50. The standard InChI is InChI=1S/C21H30O2/c1-20-9-7-14(22)11-13(20)3-4-15-16-5-6-18(19-12-23-19)21(16,2)10-8-17(15)20/h3,15-19H,4-12H2,1-2H3/t15-,16-,17-,18-,19?,20-,21-/m0/s1. The first-order valence-electron chi connectivity index (χ1n) is 9.85. The molecule has 0 bridgehead atoms. The third-order valence-electron chi connectivity index (χ3n) is 8.82. The molecule has 5 aliphatic rings. The number of rotatable bonds is 1. The minimum absolute atomic E-state index is 0.326. The van der Waals surface area contributed by atoms with Crippen LogP contribution >= 0.6 is 0 Å². The summed E-state index contributed by atoms with van der Waals surface area (Å²) in [6.45, 7) is 6.09. The molecule has 3 saturated carbocycles. The zero-order chi connectivity index (χ0) is 15.8. The normalized spacial score (nSPS) is 54.8. The second-order valence-corrected chi connectivity index (χ2v) is 9.57.